The molecule has 0 aromatic heterocycles. The zero-order chi connectivity index (χ0) is 14.9. The van der Waals surface area contributed by atoms with Gasteiger partial charge in [0.05, 0.1) is 0 Å². The average molecular weight is 282 g/mol. The normalized spacial score (nSPS) is 12.8. The van der Waals surface area contributed by atoms with Crippen molar-refractivity contribution in [3.8, 4) is 0 Å². The minimum absolute atomic E-state index is 0.945. The minimum Gasteiger partial charge on any atom is -0.0654 e. The van der Waals surface area contributed by atoms with Crippen molar-refractivity contribution in [2.24, 2.45) is 5.92 Å². The summed E-state index contributed by atoms with van der Waals surface area (Å²) in [7, 11) is 0. The molecule has 0 heterocycles. The molecule has 0 aliphatic rings. The van der Waals surface area contributed by atoms with Crippen molar-refractivity contribution < 1.29 is 0 Å². The summed E-state index contributed by atoms with van der Waals surface area (Å²) < 4.78 is 0. The largest absolute Gasteiger partial charge is 0.0654 e. The van der Waals surface area contributed by atoms with Crippen LogP contribution in [0.15, 0.2) is 0 Å². The third-order valence-corrected chi connectivity index (χ3v) is 4.50. The molecule has 0 spiro atoms. The van der Waals surface area contributed by atoms with Gasteiger partial charge >= 0.3 is 0 Å². The molecule has 0 nitrogen and oxygen atoms in total. The highest BCUT2D eigenvalue weighted by molar-refractivity contribution is 4.56. The molecule has 0 aromatic rings. The maximum Gasteiger partial charge on any atom is -0.0443 e. The molecule has 0 fully saturated rings. The van der Waals surface area contributed by atoms with E-state index in [1.807, 2.05) is 0 Å². The molecule has 0 heteroatoms. The van der Waals surface area contributed by atoms with Crippen molar-refractivity contribution in [1.82, 2.24) is 0 Å². The molecule has 0 rings (SSSR count). The Morgan fingerprint density at radius 2 is 1.00 bits per heavy atom. The van der Waals surface area contributed by atoms with E-state index in [1.165, 1.54) is 96.3 Å². The summed E-state index contributed by atoms with van der Waals surface area (Å²) in [4.78, 5) is 0. The maximum atomic E-state index is 3.91. The zero-order valence-electron chi connectivity index (χ0n) is 14.6. The Balaban J connectivity index is 3.05. The van der Waals surface area contributed by atoms with Crippen LogP contribution >= 0.6 is 0 Å². The standard InChI is InChI=1S/C20H41/c1-4-6-8-9-10-11-12-13-14-15-17-19-20(3)18-16-7-5-2/h20H,2,4-19H2,1,3H3. The van der Waals surface area contributed by atoms with E-state index in [4.69, 9.17) is 0 Å². The fourth-order valence-electron chi connectivity index (χ4n) is 2.97. The van der Waals surface area contributed by atoms with Crippen molar-refractivity contribution in [3.05, 3.63) is 6.92 Å². The minimum atomic E-state index is 0.945. The van der Waals surface area contributed by atoms with Gasteiger partial charge in [-0.25, -0.2) is 0 Å². The van der Waals surface area contributed by atoms with Crippen LogP contribution in [0.3, 0.4) is 0 Å². The van der Waals surface area contributed by atoms with Gasteiger partial charge in [0.2, 0.25) is 0 Å². The summed E-state index contributed by atoms with van der Waals surface area (Å²) in [6.07, 6.45) is 22.8. The predicted octanol–water partition coefficient (Wildman–Crippen LogP) is 7.72. The van der Waals surface area contributed by atoms with Crippen LogP contribution in [0.25, 0.3) is 0 Å². The molecule has 0 aromatic carbocycles. The molecular formula is C20H41. The Hall–Kier alpha value is 0. The van der Waals surface area contributed by atoms with Gasteiger partial charge in [0, 0.05) is 0 Å². The molecular weight excluding hydrogens is 240 g/mol. The second kappa shape index (κ2) is 17.1. The summed E-state index contributed by atoms with van der Waals surface area (Å²) in [5.41, 5.74) is 0. The van der Waals surface area contributed by atoms with Crippen LogP contribution in [0, 0.1) is 12.8 Å². The maximum absolute atomic E-state index is 3.91. The smallest absolute Gasteiger partial charge is 0.0443 e. The van der Waals surface area contributed by atoms with E-state index >= 15 is 0 Å². The molecule has 0 saturated heterocycles. The first-order valence-corrected chi connectivity index (χ1v) is 9.60. The van der Waals surface area contributed by atoms with Gasteiger partial charge in [-0.2, -0.15) is 0 Å². The van der Waals surface area contributed by atoms with Gasteiger partial charge in [-0.15, -0.1) is 0 Å². The van der Waals surface area contributed by atoms with E-state index in [0.717, 1.165) is 12.3 Å². The Labute approximate surface area is 130 Å². The van der Waals surface area contributed by atoms with E-state index in [9.17, 15) is 0 Å². The molecule has 0 bridgehead atoms. The second-order valence-corrected chi connectivity index (χ2v) is 6.78. The fourth-order valence-corrected chi connectivity index (χ4v) is 2.97. The van der Waals surface area contributed by atoms with E-state index in [-0.39, 0.29) is 0 Å². The van der Waals surface area contributed by atoms with Crippen LogP contribution in [-0.2, 0) is 0 Å². The van der Waals surface area contributed by atoms with Crippen LogP contribution in [0.1, 0.15) is 117 Å². The molecule has 0 aliphatic heterocycles. The van der Waals surface area contributed by atoms with Crippen LogP contribution in [0.4, 0.5) is 0 Å². The number of hydrogen-bond acceptors (Lipinski definition) is 0. The van der Waals surface area contributed by atoms with Gasteiger partial charge < -0.3 is 0 Å². The summed E-state index contributed by atoms with van der Waals surface area (Å²) in [6.45, 7) is 8.64. The Morgan fingerprint density at radius 1 is 0.600 bits per heavy atom. The number of rotatable bonds is 16. The molecule has 0 saturated carbocycles. The zero-order valence-corrected chi connectivity index (χ0v) is 14.6. The van der Waals surface area contributed by atoms with Crippen LogP contribution < -0.4 is 0 Å². The highest BCUT2D eigenvalue weighted by atomic mass is 14.1. The van der Waals surface area contributed by atoms with Crippen molar-refractivity contribution in [3.63, 3.8) is 0 Å². The molecule has 20 heavy (non-hydrogen) atoms. The lowest BCUT2D eigenvalue weighted by Gasteiger charge is -2.10. The highest BCUT2D eigenvalue weighted by Gasteiger charge is 2.01. The lowest BCUT2D eigenvalue weighted by Crippen LogP contribution is -1.94. The summed E-state index contributed by atoms with van der Waals surface area (Å²) >= 11 is 0. The topological polar surface area (TPSA) is 0 Å². The first-order valence-electron chi connectivity index (χ1n) is 9.60. The van der Waals surface area contributed by atoms with E-state index in [0.29, 0.717) is 0 Å². The van der Waals surface area contributed by atoms with Crippen LogP contribution in [-0.4, -0.2) is 0 Å². The van der Waals surface area contributed by atoms with Crippen molar-refractivity contribution >= 4 is 0 Å². The molecule has 0 amide bonds. The molecule has 0 aliphatic carbocycles. The van der Waals surface area contributed by atoms with E-state index in [1.54, 1.807) is 0 Å². The van der Waals surface area contributed by atoms with E-state index < -0.39 is 0 Å². The van der Waals surface area contributed by atoms with Gasteiger partial charge in [0.15, 0.2) is 0 Å². The lowest BCUT2D eigenvalue weighted by atomic mass is 9.96. The fraction of sp³-hybridized carbons (Fsp3) is 0.950. The van der Waals surface area contributed by atoms with Gasteiger partial charge in [0.1, 0.15) is 0 Å². The van der Waals surface area contributed by atoms with Crippen LogP contribution in [0.2, 0.25) is 0 Å². The molecule has 121 valence electrons. The average Bonchev–Trinajstić information content (AvgIpc) is 2.45. The van der Waals surface area contributed by atoms with Crippen molar-refractivity contribution in [2.45, 2.75) is 117 Å². The van der Waals surface area contributed by atoms with Crippen molar-refractivity contribution in [1.29, 1.82) is 0 Å². The summed E-state index contributed by atoms with van der Waals surface area (Å²) in [5, 5.41) is 0. The summed E-state index contributed by atoms with van der Waals surface area (Å²) in [6, 6.07) is 0. The first kappa shape index (κ1) is 20.0. The molecule has 0 N–H and O–H groups in total. The van der Waals surface area contributed by atoms with Crippen LogP contribution in [0.5, 0.6) is 0 Å². The number of hydrogen-bond donors (Lipinski definition) is 0. The molecule has 1 radical (unpaired) electrons. The first-order chi connectivity index (χ1) is 9.81. The van der Waals surface area contributed by atoms with Crippen molar-refractivity contribution in [2.75, 3.05) is 0 Å². The van der Waals surface area contributed by atoms with Gasteiger partial charge in [0.25, 0.3) is 0 Å². The molecule has 1 atom stereocenters. The Morgan fingerprint density at radius 3 is 1.45 bits per heavy atom. The Bertz CT molecular complexity index is 161. The highest BCUT2D eigenvalue weighted by Crippen LogP contribution is 2.18. The predicted molar refractivity (Wildman–Crippen MR) is 94.1 cm³/mol. The van der Waals surface area contributed by atoms with E-state index in [2.05, 4.69) is 20.8 Å². The Kier molecular flexibility index (Phi) is 17.1. The third-order valence-electron chi connectivity index (χ3n) is 4.50. The lowest BCUT2D eigenvalue weighted by molar-refractivity contribution is 0.437. The quantitative estimate of drug-likeness (QED) is 0.254. The second-order valence-electron chi connectivity index (χ2n) is 6.78. The molecule has 1 unspecified atom stereocenters. The van der Waals surface area contributed by atoms with Gasteiger partial charge in [-0.05, 0) is 5.92 Å². The monoisotopic (exact) mass is 281 g/mol. The van der Waals surface area contributed by atoms with Gasteiger partial charge in [-0.3, -0.25) is 0 Å². The number of unbranched alkanes of at least 4 members (excludes halogenated alkanes) is 12. The third kappa shape index (κ3) is 16.1. The summed E-state index contributed by atoms with van der Waals surface area (Å²) in [5.74, 6) is 0.945. The van der Waals surface area contributed by atoms with Gasteiger partial charge in [-0.1, -0.05) is 124 Å². The SMILES string of the molecule is [CH2]CCCCC(C)CCCCCCCCCCCCC.